The average Bonchev–Trinajstić information content (AvgIpc) is 3.44. The number of carbonyl (C=O) groups is 1. The highest BCUT2D eigenvalue weighted by molar-refractivity contribution is 5.91. The highest BCUT2D eigenvalue weighted by atomic mass is 16.3. The van der Waals surface area contributed by atoms with Crippen molar-refractivity contribution in [2.75, 3.05) is 42.5 Å². The van der Waals surface area contributed by atoms with E-state index in [1.807, 2.05) is 11.0 Å². The predicted octanol–water partition coefficient (Wildman–Crippen LogP) is 2.73. The number of fused-ring (bicyclic) bond motifs is 1. The van der Waals surface area contributed by atoms with Crippen LogP contribution in [-0.2, 0) is 6.42 Å². The van der Waals surface area contributed by atoms with E-state index in [-0.39, 0.29) is 5.91 Å². The predicted molar refractivity (Wildman–Crippen MR) is 106 cm³/mol. The summed E-state index contributed by atoms with van der Waals surface area (Å²) in [5, 5.41) is 0. The number of piperazine rings is 1. The van der Waals surface area contributed by atoms with Gasteiger partial charge in [-0.25, -0.2) is 9.97 Å². The zero-order valence-corrected chi connectivity index (χ0v) is 15.5. The van der Waals surface area contributed by atoms with Crippen molar-refractivity contribution in [2.45, 2.75) is 6.42 Å². The lowest BCUT2D eigenvalue weighted by Gasteiger charge is -2.35. The van der Waals surface area contributed by atoms with E-state index in [0.717, 1.165) is 37.7 Å². The first kappa shape index (κ1) is 16.8. The zero-order chi connectivity index (χ0) is 18.9. The summed E-state index contributed by atoms with van der Waals surface area (Å²) in [6.07, 6.45) is 4.19. The van der Waals surface area contributed by atoms with Crippen molar-refractivity contribution in [2.24, 2.45) is 0 Å². The smallest absolute Gasteiger partial charge is 0.289 e. The van der Waals surface area contributed by atoms with Gasteiger partial charge in [0.2, 0.25) is 0 Å². The molecule has 1 amide bonds. The van der Waals surface area contributed by atoms with Gasteiger partial charge in [-0.1, -0.05) is 18.2 Å². The van der Waals surface area contributed by atoms with Gasteiger partial charge in [0.15, 0.2) is 5.76 Å². The van der Waals surface area contributed by atoms with Crippen molar-refractivity contribution in [3.63, 3.8) is 0 Å². The van der Waals surface area contributed by atoms with Gasteiger partial charge >= 0.3 is 0 Å². The lowest BCUT2D eigenvalue weighted by Crippen LogP contribution is -2.49. The van der Waals surface area contributed by atoms with Crippen LogP contribution in [-0.4, -0.2) is 53.5 Å². The quantitative estimate of drug-likeness (QED) is 0.701. The van der Waals surface area contributed by atoms with E-state index in [1.54, 1.807) is 18.5 Å². The molecule has 0 radical (unpaired) electrons. The van der Waals surface area contributed by atoms with Crippen LogP contribution in [0.1, 0.15) is 16.1 Å². The summed E-state index contributed by atoms with van der Waals surface area (Å²) in [5.41, 5.74) is 2.58. The van der Waals surface area contributed by atoms with E-state index in [9.17, 15) is 4.79 Å². The Balaban J connectivity index is 1.30. The summed E-state index contributed by atoms with van der Waals surface area (Å²) < 4.78 is 5.23. The SMILES string of the molecule is O=C(c1ccco1)N1CCN(c2cc(N3CCc4ccccc43)ncn2)CC1. The number of nitrogens with zero attached hydrogens (tertiary/aromatic N) is 5. The number of para-hydroxylation sites is 1. The van der Waals surface area contributed by atoms with Crippen LogP contribution in [0.25, 0.3) is 0 Å². The maximum Gasteiger partial charge on any atom is 0.289 e. The molecule has 1 aromatic carbocycles. The Morgan fingerprint density at radius 3 is 2.57 bits per heavy atom. The van der Waals surface area contributed by atoms with Crippen LogP contribution >= 0.6 is 0 Å². The summed E-state index contributed by atoms with van der Waals surface area (Å²) in [4.78, 5) is 27.7. The van der Waals surface area contributed by atoms with Gasteiger partial charge in [0.05, 0.1) is 6.26 Å². The third-order valence-corrected chi connectivity index (χ3v) is 5.42. The van der Waals surface area contributed by atoms with Crippen molar-refractivity contribution in [1.82, 2.24) is 14.9 Å². The highest BCUT2D eigenvalue weighted by Gasteiger charge is 2.26. The van der Waals surface area contributed by atoms with Gasteiger partial charge < -0.3 is 19.1 Å². The molecule has 7 heteroatoms. The Morgan fingerprint density at radius 2 is 1.75 bits per heavy atom. The second-order valence-electron chi connectivity index (χ2n) is 7.02. The van der Waals surface area contributed by atoms with Gasteiger partial charge in [-0.2, -0.15) is 0 Å². The second-order valence-corrected chi connectivity index (χ2v) is 7.02. The van der Waals surface area contributed by atoms with Crippen molar-refractivity contribution in [1.29, 1.82) is 0 Å². The van der Waals surface area contributed by atoms with E-state index < -0.39 is 0 Å². The van der Waals surface area contributed by atoms with Crippen LogP contribution in [0.15, 0.2) is 59.5 Å². The Kier molecular flexibility index (Phi) is 4.20. The number of hydrogen-bond acceptors (Lipinski definition) is 6. The number of rotatable bonds is 3. The van der Waals surface area contributed by atoms with E-state index in [1.165, 1.54) is 17.5 Å². The maximum absolute atomic E-state index is 12.4. The van der Waals surface area contributed by atoms with E-state index in [4.69, 9.17) is 4.42 Å². The number of carbonyl (C=O) groups excluding carboxylic acids is 1. The average molecular weight is 375 g/mol. The molecule has 1 saturated heterocycles. The number of aromatic nitrogens is 2. The molecule has 4 heterocycles. The monoisotopic (exact) mass is 375 g/mol. The van der Waals surface area contributed by atoms with E-state index >= 15 is 0 Å². The highest BCUT2D eigenvalue weighted by Crippen LogP contribution is 2.34. The Morgan fingerprint density at radius 1 is 0.929 bits per heavy atom. The zero-order valence-electron chi connectivity index (χ0n) is 15.5. The lowest BCUT2D eigenvalue weighted by atomic mass is 10.2. The summed E-state index contributed by atoms with van der Waals surface area (Å²) in [6, 6.07) is 14.0. The molecular formula is C21H21N5O2. The Bertz CT molecular complexity index is 980. The van der Waals surface area contributed by atoms with Gasteiger partial charge in [0.1, 0.15) is 18.0 Å². The summed E-state index contributed by atoms with van der Waals surface area (Å²) in [7, 11) is 0. The molecule has 28 heavy (non-hydrogen) atoms. The van der Waals surface area contributed by atoms with Gasteiger partial charge in [-0.15, -0.1) is 0 Å². The third kappa shape index (κ3) is 2.98. The minimum Gasteiger partial charge on any atom is -0.459 e. The molecule has 0 N–H and O–H groups in total. The minimum atomic E-state index is -0.0540. The van der Waals surface area contributed by atoms with Crippen LogP contribution in [0.4, 0.5) is 17.3 Å². The third-order valence-electron chi connectivity index (χ3n) is 5.42. The van der Waals surface area contributed by atoms with Gasteiger partial charge in [-0.05, 0) is 30.2 Å². The van der Waals surface area contributed by atoms with E-state index in [2.05, 4.69) is 44.0 Å². The summed E-state index contributed by atoms with van der Waals surface area (Å²) in [5.74, 6) is 2.16. The molecule has 7 nitrogen and oxygen atoms in total. The molecule has 1 fully saturated rings. The number of hydrogen-bond donors (Lipinski definition) is 0. The molecule has 0 atom stereocenters. The second kappa shape index (κ2) is 6.99. The standard InChI is InChI=1S/C21H21N5O2/c27-21(18-6-3-13-28-18)25-11-9-24(10-12-25)19-14-20(23-15-22-19)26-8-7-16-4-1-2-5-17(16)26/h1-6,13-15H,7-12H2. The molecule has 0 aliphatic carbocycles. The minimum absolute atomic E-state index is 0.0540. The number of furan rings is 1. The molecule has 5 rings (SSSR count). The fourth-order valence-corrected chi connectivity index (χ4v) is 3.93. The molecule has 0 unspecified atom stereocenters. The first-order valence-corrected chi connectivity index (χ1v) is 9.55. The van der Waals surface area contributed by atoms with Crippen molar-refractivity contribution in [3.05, 3.63) is 66.4 Å². The largest absolute Gasteiger partial charge is 0.459 e. The number of amides is 1. The molecule has 142 valence electrons. The molecule has 0 bridgehead atoms. The summed E-state index contributed by atoms with van der Waals surface area (Å²) in [6.45, 7) is 3.69. The van der Waals surface area contributed by atoms with Crippen molar-refractivity contribution in [3.8, 4) is 0 Å². The molecule has 2 aromatic heterocycles. The van der Waals surface area contributed by atoms with Crippen LogP contribution in [0.3, 0.4) is 0 Å². The van der Waals surface area contributed by atoms with Crippen molar-refractivity contribution < 1.29 is 9.21 Å². The van der Waals surface area contributed by atoms with E-state index in [0.29, 0.717) is 18.8 Å². The van der Waals surface area contributed by atoms with Crippen molar-refractivity contribution >= 4 is 23.2 Å². The Hall–Kier alpha value is -3.35. The molecule has 0 spiro atoms. The van der Waals surface area contributed by atoms with Crippen LogP contribution in [0.5, 0.6) is 0 Å². The molecule has 2 aliphatic rings. The summed E-state index contributed by atoms with van der Waals surface area (Å²) >= 11 is 0. The lowest BCUT2D eigenvalue weighted by molar-refractivity contribution is 0.0714. The first-order valence-electron chi connectivity index (χ1n) is 9.55. The topological polar surface area (TPSA) is 65.7 Å². The molecular weight excluding hydrogens is 354 g/mol. The Labute approximate surface area is 163 Å². The fraction of sp³-hybridized carbons (Fsp3) is 0.286. The van der Waals surface area contributed by atoms with Crippen LogP contribution in [0, 0.1) is 0 Å². The molecule has 0 saturated carbocycles. The first-order chi connectivity index (χ1) is 13.8. The fourth-order valence-electron chi connectivity index (χ4n) is 3.93. The van der Waals surface area contributed by atoms with Gasteiger partial charge in [0.25, 0.3) is 5.91 Å². The normalized spacial score (nSPS) is 16.4. The molecule has 3 aromatic rings. The van der Waals surface area contributed by atoms with Gasteiger partial charge in [0, 0.05) is 44.5 Å². The maximum atomic E-state index is 12.4. The van der Waals surface area contributed by atoms with Gasteiger partial charge in [-0.3, -0.25) is 4.79 Å². The van der Waals surface area contributed by atoms with Crippen LogP contribution in [0.2, 0.25) is 0 Å². The number of anilines is 3. The number of benzene rings is 1. The molecule has 2 aliphatic heterocycles. The van der Waals surface area contributed by atoms with Crippen LogP contribution < -0.4 is 9.80 Å².